The molecule has 7 aromatic rings. The Morgan fingerprint density at radius 3 is 1.42 bits per heavy atom. The van der Waals surface area contributed by atoms with Crippen molar-refractivity contribution in [3.63, 3.8) is 0 Å². The average molecular weight is 715 g/mol. The highest BCUT2D eigenvalue weighted by atomic mass is 16.5. The summed E-state index contributed by atoms with van der Waals surface area (Å²) >= 11 is 0. The van der Waals surface area contributed by atoms with Crippen LogP contribution in [0.5, 0.6) is 0 Å². The fourth-order valence-electron chi connectivity index (χ4n) is 8.84. The Kier molecular flexibility index (Phi) is 7.51. The largest absolute Gasteiger partial charge is 0.469 e. The lowest BCUT2D eigenvalue weighted by molar-refractivity contribution is 0.131. The SMILES string of the molecule is CC1(C)CN=C(c2ccc(-c3ccc4c(c3)C(c3ccccc3)(c3ccccc3)c3cc(-c5ccc(C6=NCC(C)(C)O6)cc5)c5ccccc5c3-4)cc2)O1. The van der Waals surface area contributed by atoms with Gasteiger partial charge >= 0.3 is 0 Å². The highest BCUT2D eigenvalue weighted by molar-refractivity contribution is 6.10. The Balaban J connectivity index is 1.19. The van der Waals surface area contributed by atoms with Crippen molar-refractivity contribution < 1.29 is 9.47 Å². The lowest BCUT2D eigenvalue weighted by Gasteiger charge is -2.34. The van der Waals surface area contributed by atoms with Crippen LogP contribution >= 0.6 is 0 Å². The minimum atomic E-state index is -0.572. The predicted octanol–water partition coefficient (Wildman–Crippen LogP) is 11.6. The van der Waals surface area contributed by atoms with Gasteiger partial charge in [0.1, 0.15) is 11.2 Å². The van der Waals surface area contributed by atoms with Crippen molar-refractivity contribution in [3.8, 4) is 33.4 Å². The summed E-state index contributed by atoms with van der Waals surface area (Å²) in [6.07, 6.45) is 0. The van der Waals surface area contributed by atoms with Crippen LogP contribution in [0.4, 0.5) is 0 Å². The van der Waals surface area contributed by atoms with Crippen LogP contribution < -0.4 is 0 Å². The summed E-state index contributed by atoms with van der Waals surface area (Å²) in [5.74, 6) is 1.43. The second-order valence-electron chi connectivity index (χ2n) is 16.3. The Morgan fingerprint density at radius 2 is 0.891 bits per heavy atom. The molecule has 2 aliphatic heterocycles. The van der Waals surface area contributed by atoms with Crippen LogP contribution in [0.3, 0.4) is 0 Å². The van der Waals surface area contributed by atoms with Crippen LogP contribution in [0.2, 0.25) is 0 Å². The van der Waals surface area contributed by atoms with Crippen molar-refractivity contribution >= 4 is 22.6 Å². The molecule has 0 amide bonds. The fourth-order valence-corrected chi connectivity index (χ4v) is 8.84. The molecule has 10 rings (SSSR count). The standard InChI is InChI=1S/C51H42N2O2/c1-49(2)31-52-47(54-49)35-23-19-33(20-24-35)37-27-28-42-44(29-37)51(38-13-7-5-8-14-38,39-15-9-6-10-16-39)45-30-43(40-17-11-12-18-41(40)46(42)45)34-21-25-36(26-22-34)48-53-32-50(3,4)55-48/h5-30H,31-32H2,1-4H3. The van der Waals surface area contributed by atoms with Crippen molar-refractivity contribution in [1.29, 1.82) is 0 Å². The van der Waals surface area contributed by atoms with Gasteiger partial charge < -0.3 is 9.47 Å². The van der Waals surface area contributed by atoms with Gasteiger partial charge in [0.05, 0.1) is 18.5 Å². The molecule has 0 N–H and O–H groups in total. The minimum Gasteiger partial charge on any atom is -0.469 e. The van der Waals surface area contributed by atoms with Crippen molar-refractivity contribution in [3.05, 3.63) is 191 Å². The van der Waals surface area contributed by atoms with Gasteiger partial charge in [-0.2, -0.15) is 0 Å². The highest BCUT2D eigenvalue weighted by Crippen LogP contribution is 2.59. The van der Waals surface area contributed by atoms with Gasteiger partial charge in [-0.3, -0.25) is 0 Å². The van der Waals surface area contributed by atoms with Crippen LogP contribution in [-0.2, 0) is 14.9 Å². The Hall–Kier alpha value is -6.26. The third-order valence-corrected chi connectivity index (χ3v) is 11.4. The Bertz CT molecular complexity index is 2630. The number of hydrogen-bond donors (Lipinski definition) is 0. The summed E-state index contributed by atoms with van der Waals surface area (Å²) in [5.41, 5.74) is 13.2. The smallest absolute Gasteiger partial charge is 0.216 e. The van der Waals surface area contributed by atoms with Gasteiger partial charge in [-0.1, -0.05) is 121 Å². The van der Waals surface area contributed by atoms with Gasteiger partial charge in [-0.15, -0.1) is 0 Å². The molecule has 3 aliphatic rings. The number of aliphatic imine (C=N–C) groups is 2. The number of benzene rings is 7. The van der Waals surface area contributed by atoms with Crippen molar-refractivity contribution in [2.75, 3.05) is 13.1 Å². The third kappa shape index (κ3) is 5.42. The molecular formula is C51H42N2O2. The number of rotatable bonds is 6. The van der Waals surface area contributed by atoms with Crippen LogP contribution in [0.25, 0.3) is 44.2 Å². The molecule has 2 heterocycles. The summed E-state index contributed by atoms with van der Waals surface area (Å²) in [7, 11) is 0. The summed E-state index contributed by atoms with van der Waals surface area (Å²) in [6, 6.07) is 58.0. The van der Waals surface area contributed by atoms with Crippen LogP contribution in [0.15, 0.2) is 168 Å². The molecule has 0 saturated carbocycles. The first kappa shape index (κ1) is 33.3. The molecule has 4 heteroatoms. The zero-order chi connectivity index (χ0) is 37.4. The molecule has 55 heavy (non-hydrogen) atoms. The van der Waals surface area contributed by atoms with E-state index in [1.165, 1.54) is 55.3 Å². The molecular weight excluding hydrogens is 673 g/mol. The second-order valence-corrected chi connectivity index (χ2v) is 16.3. The van der Waals surface area contributed by atoms with Crippen molar-refractivity contribution in [2.45, 2.75) is 44.3 Å². The fraction of sp³-hybridized carbons (Fsp3) is 0.176. The van der Waals surface area contributed by atoms with E-state index in [0.29, 0.717) is 19.0 Å². The van der Waals surface area contributed by atoms with Gasteiger partial charge in [0.25, 0.3) is 0 Å². The summed E-state index contributed by atoms with van der Waals surface area (Å²) in [6.45, 7) is 9.66. The maximum atomic E-state index is 6.19. The van der Waals surface area contributed by atoms with Gasteiger partial charge in [-0.05, 0) is 131 Å². The molecule has 268 valence electrons. The van der Waals surface area contributed by atoms with Gasteiger partial charge in [-0.25, -0.2) is 9.98 Å². The lowest BCUT2D eigenvalue weighted by Crippen LogP contribution is -2.28. The maximum absolute atomic E-state index is 6.19. The van der Waals surface area contributed by atoms with Crippen LogP contribution in [0, 0.1) is 0 Å². The summed E-state index contributed by atoms with van der Waals surface area (Å²) in [4.78, 5) is 9.39. The Morgan fingerprint density at radius 1 is 0.418 bits per heavy atom. The topological polar surface area (TPSA) is 43.2 Å². The molecule has 0 bridgehead atoms. The van der Waals surface area contributed by atoms with Crippen LogP contribution in [0.1, 0.15) is 61.1 Å². The third-order valence-electron chi connectivity index (χ3n) is 11.4. The van der Waals surface area contributed by atoms with E-state index in [0.717, 1.165) is 28.2 Å². The summed E-state index contributed by atoms with van der Waals surface area (Å²) in [5, 5.41) is 2.48. The molecule has 4 nitrogen and oxygen atoms in total. The highest BCUT2D eigenvalue weighted by Gasteiger charge is 2.47. The predicted molar refractivity (Wildman–Crippen MR) is 225 cm³/mol. The van der Waals surface area contributed by atoms with Gasteiger partial charge in [0.15, 0.2) is 0 Å². The first-order valence-corrected chi connectivity index (χ1v) is 19.2. The minimum absolute atomic E-state index is 0.272. The first-order chi connectivity index (χ1) is 26.7. The number of fused-ring (bicyclic) bond motifs is 5. The van der Waals surface area contributed by atoms with E-state index in [-0.39, 0.29) is 11.2 Å². The van der Waals surface area contributed by atoms with E-state index >= 15 is 0 Å². The van der Waals surface area contributed by atoms with Gasteiger partial charge in [0.2, 0.25) is 11.8 Å². The number of ether oxygens (including phenoxy) is 2. The van der Waals surface area contributed by atoms with Crippen molar-refractivity contribution in [1.82, 2.24) is 0 Å². The normalized spacial score (nSPS) is 17.2. The molecule has 0 spiro atoms. The molecule has 0 atom stereocenters. The summed E-state index contributed by atoms with van der Waals surface area (Å²) < 4.78 is 12.3. The average Bonchev–Trinajstić information content (AvgIpc) is 3.88. The lowest BCUT2D eigenvalue weighted by atomic mass is 9.67. The monoisotopic (exact) mass is 714 g/mol. The quantitative estimate of drug-likeness (QED) is 0.172. The maximum Gasteiger partial charge on any atom is 0.216 e. The van der Waals surface area contributed by atoms with E-state index in [9.17, 15) is 0 Å². The molecule has 1 aliphatic carbocycles. The van der Waals surface area contributed by atoms with Crippen LogP contribution in [-0.4, -0.2) is 36.1 Å². The molecule has 7 aromatic carbocycles. The second kappa shape index (κ2) is 12.4. The zero-order valence-electron chi connectivity index (χ0n) is 31.6. The molecule has 0 radical (unpaired) electrons. The molecule has 0 unspecified atom stereocenters. The number of hydrogen-bond acceptors (Lipinski definition) is 4. The van der Waals surface area contributed by atoms with Crippen molar-refractivity contribution in [2.24, 2.45) is 9.98 Å². The Labute approximate surface area is 322 Å². The van der Waals surface area contributed by atoms with E-state index in [4.69, 9.17) is 14.5 Å². The van der Waals surface area contributed by atoms with Gasteiger partial charge in [0, 0.05) is 11.1 Å². The van der Waals surface area contributed by atoms with E-state index in [2.05, 4.69) is 190 Å². The molecule has 0 aromatic heterocycles. The zero-order valence-corrected chi connectivity index (χ0v) is 31.6. The molecule has 0 fully saturated rings. The number of nitrogens with zero attached hydrogens (tertiary/aromatic N) is 2. The first-order valence-electron chi connectivity index (χ1n) is 19.2. The van der Waals surface area contributed by atoms with E-state index in [1.807, 2.05) is 0 Å². The van der Waals surface area contributed by atoms with E-state index in [1.54, 1.807) is 0 Å². The van der Waals surface area contributed by atoms with E-state index < -0.39 is 5.41 Å². The molecule has 0 saturated heterocycles.